The normalized spacial score (nSPS) is 23.9. The van der Waals surface area contributed by atoms with E-state index in [1.165, 1.54) is 19.3 Å². The summed E-state index contributed by atoms with van der Waals surface area (Å²) in [5, 5.41) is 3.37. The van der Waals surface area contributed by atoms with Crippen molar-refractivity contribution in [3.8, 4) is 5.75 Å². The van der Waals surface area contributed by atoms with E-state index in [-0.39, 0.29) is 5.82 Å². The molecule has 1 N–H and O–H groups in total. The van der Waals surface area contributed by atoms with E-state index < -0.39 is 0 Å². The predicted molar refractivity (Wildman–Crippen MR) is 64.6 cm³/mol. The molecule has 17 heavy (non-hydrogen) atoms. The molecule has 1 heterocycles. The summed E-state index contributed by atoms with van der Waals surface area (Å²) in [5.41, 5.74) is 1.04. The summed E-state index contributed by atoms with van der Waals surface area (Å²) in [5.74, 6) is 0.834. The molecule has 2 nitrogen and oxygen atoms in total. The molecule has 3 heteroatoms. The smallest absolute Gasteiger partial charge is 0.165 e. The topological polar surface area (TPSA) is 21.3 Å². The van der Waals surface area contributed by atoms with E-state index in [9.17, 15) is 4.39 Å². The lowest BCUT2D eigenvalue weighted by Gasteiger charge is -2.12. The molecule has 0 amide bonds. The number of benzene rings is 1. The van der Waals surface area contributed by atoms with Crippen molar-refractivity contribution in [2.75, 3.05) is 13.2 Å². The van der Waals surface area contributed by atoms with Crippen molar-refractivity contribution in [1.82, 2.24) is 5.32 Å². The minimum atomic E-state index is -0.225. The fraction of sp³-hybridized carbons (Fsp3) is 0.571. The minimum absolute atomic E-state index is 0.225. The summed E-state index contributed by atoms with van der Waals surface area (Å²) in [4.78, 5) is 0. The highest BCUT2D eigenvalue weighted by Gasteiger charge is 2.23. The Morgan fingerprint density at radius 1 is 1.29 bits per heavy atom. The SMILES string of the molecule is Fc1cc(C2CCCN2)ccc1OCC1CC1. The molecule has 2 aliphatic rings. The highest BCUT2D eigenvalue weighted by Crippen LogP contribution is 2.31. The maximum Gasteiger partial charge on any atom is 0.165 e. The Morgan fingerprint density at radius 2 is 2.18 bits per heavy atom. The van der Waals surface area contributed by atoms with Gasteiger partial charge in [-0.25, -0.2) is 4.39 Å². The molecule has 1 saturated heterocycles. The first-order valence-corrected chi connectivity index (χ1v) is 6.48. The van der Waals surface area contributed by atoms with Gasteiger partial charge in [-0.3, -0.25) is 0 Å². The molecule has 0 bridgehead atoms. The maximum absolute atomic E-state index is 13.8. The van der Waals surface area contributed by atoms with Gasteiger partial charge in [0.05, 0.1) is 6.61 Å². The number of halogens is 1. The molecule has 0 radical (unpaired) electrons. The molecule has 1 aromatic rings. The third-order valence-electron chi connectivity index (χ3n) is 3.59. The number of ether oxygens (including phenoxy) is 1. The first kappa shape index (κ1) is 11.0. The first-order valence-electron chi connectivity index (χ1n) is 6.48. The number of hydrogen-bond acceptors (Lipinski definition) is 2. The Hall–Kier alpha value is -1.09. The third kappa shape index (κ3) is 2.60. The third-order valence-corrected chi connectivity index (χ3v) is 3.59. The van der Waals surface area contributed by atoms with Crippen LogP contribution in [0.2, 0.25) is 0 Å². The zero-order valence-corrected chi connectivity index (χ0v) is 9.92. The van der Waals surface area contributed by atoms with E-state index in [1.54, 1.807) is 12.1 Å². The zero-order chi connectivity index (χ0) is 11.7. The summed E-state index contributed by atoms with van der Waals surface area (Å²) < 4.78 is 19.3. The molecule has 0 aromatic heterocycles. The van der Waals surface area contributed by atoms with Crippen LogP contribution in [-0.2, 0) is 0 Å². The molecule has 1 saturated carbocycles. The molecule has 92 valence electrons. The molecular weight excluding hydrogens is 217 g/mol. The highest BCUT2D eigenvalue weighted by atomic mass is 19.1. The quantitative estimate of drug-likeness (QED) is 0.866. The Kier molecular flexibility index (Phi) is 3.02. The largest absolute Gasteiger partial charge is 0.490 e. The Morgan fingerprint density at radius 3 is 2.82 bits per heavy atom. The van der Waals surface area contributed by atoms with Gasteiger partial charge in [0.2, 0.25) is 0 Å². The summed E-state index contributed by atoms with van der Waals surface area (Å²) in [6, 6.07) is 5.69. The molecule has 3 rings (SSSR count). The molecule has 1 unspecified atom stereocenters. The van der Waals surface area contributed by atoms with Gasteiger partial charge in [-0.05, 0) is 55.8 Å². The molecule has 1 aromatic carbocycles. The van der Waals surface area contributed by atoms with Gasteiger partial charge < -0.3 is 10.1 Å². The monoisotopic (exact) mass is 235 g/mol. The van der Waals surface area contributed by atoms with Gasteiger partial charge in [0.25, 0.3) is 0 Å². The highest BCUT2D eigenvalue weighted by molar-refractivity contribution is 5.31. The van der Waals surface area contributed by atoms with E-state index in [0.29, 0.717) is 24.3 Å². The van der Waals surface area contributed by atoms with Gasteiger partial charge in [0.1, 0.15) is 0 Å². The lowest BCUT2D eigenvalue weighted by molar-refractivity contribution is 0.285. The molecule has 2 fully saturated rings. The molecule has 1 atom stereocenters. The van der Waals surface area contributed by atoms with Crippen LogP contribution in [0.4, 0.5) is 4.39 Å². The van der Waals surface area contributed by atoms with Crippen LogP contribution in [0.15, 0.2) is 18.2 Å². The second kappa shape index (κ2) is 4.65. The Bertz CT molecular complexity index is 397. The number of rotatable bonds is 4. The van der Waals surface area contributed by atoms with Gasteiger partial charge in [0, 0.05) is 6.04 Å². The van der Waals surface area contributed by atoms with Crippen molar-refractivity contribution in [3.05, 3.63) is 29.6 Å². The molecule has 1 aliphatic carbocycles. The van der Waals surface area contributed by atoms with Crippen molar-refractivity contribution in [1.29, 1.82) is 0 Å². The van der Waals surface area contributed by atoms with Crippen LogP contribution < -0.4 is 10.1 Å². The van der Waals surface area contributed by atoms with E-state index in [0.717, 1.165) is 18.5 Å². The van der Waals surface area contributed by atoms with Crippen molar-refractivity contribution < 1.29 is 9.13 Å². The molecular formula is C14H18FNO. The van der Waals surface area contributed by atoms with Crippen LogP contribution in [0.25, 0.3) is 0 Å². The van der Waals surface area contributed by atoms with Crippen LogP contribution in [0.3, 0.4) is 0 Å². The van der Waals surface area contributed by atoms with Gasteiger partial charge in [0.15, 0.2) is 11.6 Å². The minimum Gasteiger partial charge on any atom is -0.490 e. The maximum atomic E-state index is 13.8. The van der Waals surface area contributed by atoms with Crippen LogP contribution in [0.1, 0.15) is 37.3 Å². The summed E-state index contributed by atoms with van der Waals surface area (Å²) in [6.45, 7) is 1.70. The second-order valence-corrected chi connectivity index (χ2v) is 5.09. The van der Waals surface area contributed by atoms with Crippen molar-refractivity contribution in [2.45, 2.75) is 31.7 Å². The van der Waals surface area contributed by atoms with E-state index in [4.69, 9.17) is 4.74 Å². The fourth-order valence-corrected chi connectivity index (χ4v) is 2.31. The molecule has 1 aliphatic heterocycles. The van der Waals surface area contributed by atoms with Gasteiger partial charge in [-0.1, -0.05) is 6.07 Å². The van der Waals surface area contributed by atoms with Crippen molar-refractivity contribution in [3.63, 3.8) is 0 Å². The van der Waals surface area contributed by atoms with Gasteiger partial charge in [-0.2, -0.15) is 0 Å². The van der Waals surface area contributed by atoms with Crippen LogP contribution >= 0.6 is 0 Å². The summed E-state index contributed by atoms with van der Waals surface area (Å²) in [7, 11) is 0. The summed E-state index contributed by atoms with van der Waals surface area (Å²) >= 11 is 0. The van der Waals surface area contributed by atoms with Crippen LogP contribution in [0.5, 0.6) is 5.75 Å². The number of hydrogen-bond donors (Lipinski definition) is 1. The predicted octanol–water partition coefficient (Wildman–Crippen LogP) is 3.04. The van der Waals surface area contributed by atoms with E-state index >= 15 is 0 Å². The number of nitrogens with one attached hydrogen (secondary N) is 1. The Balaban J connectivity index is 1.68. The van der Waals surface area contributed by atoms with Crippen LogP contribution in [-0.4, -0.2) is 13.2 Å². The Labute approximate surface area is 101 Å². The van der Waals surface area contributed by atoms with Crippen molar-refractivity contribution >= 4 is 0 Å². The fourth-order valence-electron chi connectivity index (χ4n) is 2.31. The standard InChI is InChI=1S/C14H18FNO/c15-12-8-11(13-2-1-7-16-13)5-6-14(12)17-9-10-3-4-10/h5-6,8,10,13,16H,1-4,7,9H2. The average molecular weight is 235 g/mol. The van der Waals surface area contributed by atoms with E-state index in [1.807, 2.05) is 6.07 Å². The second-order valence-electron chi connectivity index (χ2n) is 5.09. The lowest BCUT2D eigenvalue weighted by atomic mass is 10.1. The van der Waals surface area contributed by atoms with Crippen molar-refractivity contribution in [2.24, 2.45) is 5.92 Å². The first-order chi connectivity index (χ1) is 8.33. The van der Waals surface area contributed by atoms with Crippen LogP contribution in [0, 0.1) is 11.7 Å². The summed E-state index contributed by atoms with van der Waals surface area (Å²) in [6.07, 6.45) is 4.73. The lowest BCUT2D eigenvalue weighted by Crippen LogP contribution is -2.13. The van der Waals surface area contributed by atoms with Gasteiger partial charge in [-0.15, -0.1) is 0 Å². The van der Waals surface area contributed by atoms with Gasteiger partial charge >= 0.3 is 0 Å². The zero-order valence-electron chi connectivity index (χ0n) is 9.92. The molecule has 0 spiro atoms. The van der Waals surface area contributed by atoms with E-state index in [2.05, 4.69) is 5.32 Å². The average Bonchev–Trinajstić information content (AvgIpc) is 3.00.